The highest BCUT2D eigenvalue weighted by atomic mass is 32.2. The Morgan fingerprint density at radius 1 is 1.09 bits per heavy atom. The molecule has 1 aliphatic rings. The molecule has 0 radical (unpaired) electrons. The van der Waals surface area contributed by atoms with Crippen LogP contribution in [0.25, 0.3) is 0 Å². The number of nitrogens with zero attached hydrogens (tertiary/aromatic N) is 1. The number of benzene rings is 2. The van der Waals surface area contributed by atoms with Crippen LogP contribution in [0, 0.1) is 5.82 Å². The Morgan fingerprint density at radius 2 is 1.72 bits per heavy atom. The van der Waals surface area contributed by atoms with E-state index in [9.17, 15) is 17.6 Å². The van der Waals surface area contributed by atoms with Gasteiger partial charge in [-0.15, -0.1) is 0 Å². The molecule has 2 aromatic carbocycles. The maximum Gasteiger partial charge on any atom is 0.243 e. The number of hydrogen-bond donors (Lipinski definition) is 1. The molecule has 8 heteroatoms. The molecule has 0 heterocycles. The minimum atomic E-state index is -3.87. The number of halogens is 1. The molecule has 0 saturated heterocycles. The summed E-state index contributed by atoms with van der Waals surface area (Å²) in [6, 6.07) is 11.6. The van der Waals surface area contributed by atoms with Gasteiger partial charge in [0.15, 0.2) is 0 Å². The fraction of sp³-hybridized carbons (Fsp3) is 0.458. The molecule has 0 aromatic heterocycles. The summed E-state index contributed by atoms with van der Waals surface area (Å²) in [5.41, 5.74) is 0.748. The van der Waals surface area contributed by atoms with E-state index in [1.54, 1.807) is 31.2 Å². The lowest BCUT2D eigenvalue weighted by molar-refractivity contribution is -0.122. The second-order valence-electron chi connectivity index (χ2n) is 8.09. The number of ether oxygens (including phenoxy) is 1. The van der Waals surface area contributed by atoms with Crippen LogP contribution in [0.5, 0.6) is 5.75 Å². The lowest BCUT2D eigenvalue weighted by atomic mass is 9.95. The zero-order valence-electron chi connectivity index (χ0n) is 18.6. The molecular formula is C24H31FN2O4S. The van der Waals surface area contributed by atoms with E-state index in [0.29, 0.717) is 12.4 Å². The van der Waals surface area contributed by atoms with Gasteiger partial charge in [0, 0.05) is 6.04 Å². The summed E-state index contributed by atoms with van der Waals surface area (Å²) in [6.45, 7) is 3.89. The number of sulfonamides is 1. The van der Waals surface area contributed by atoms with Crippen LogP contribution in [-0.2, 0) is 14.8 Å². The first-order valence-electron chi connectivity index (χ1n) is 11.1. The quantitative estimate of drug-likeness (QED) is 0.598. The van der Waals surface area contributed by atoms with E-state index in [-0.39, 0.29) is 35.2 Å². The monoisotopic (exact) mass is 462 g/mol. The molecular weight excluding hydrogens is 431 g/mol. The first-order valence-corrected chi connectivity index (χ1v) is 12.5. The Labute approximate surface area is 189 Å². The zero-order valence-corrected chi connectivity index (χ0v) is 19.4. The van der Waals surface area contributed by atoms with E-state index in [4.69, 9.17) is 4.74 Å². The van der Waals surface area contributed by atoms with Gasteiger partial charge in [-0.25, -0.2) is 12.8 Å². The van der Waals surface area contributed by atoms with Crippen molar-refractivity contribution in [1.82, 2.24) is 9.62 Å². The molecule has 1 atom stereocenters. The normalized spacial score (nSPS) is 16.0. The molecule has 0 bridgehead atoms. The van der Waals surface area contributed by atoms with E-state index < -0.39 is 10.0 Å². The lowest BCUT2D eigenvalue weighted by Gasteiger charge is -2.33. The van der Waals surface area contributed by atoms with Gasteiger partial charge in [-0.3, -0.25) is 4.79 Å². The highest BCUT2D eigenvalue weighted by Crippen LogP contribution is 2.28. The lowest BCUT2D eigenvalue weighted by Crippen LogP contribution is -2.47. The van der Waals surface area contributed by atoms with Crippen molar-refractivity contribution >= 4 is 15.9 Å². The number of rotatable bonds is 9. The minimum absolute atomic E-state index is 0.144. The van der Waals surface area contributed by atoms with Crippen molar-refractivity contribution in [3.63, 3.8) is 0 Å². The van der Waals surface area contributed by atoms with Gasteiger partial charge >= 0.3 is 0 Å². The van der Waals surface area contributed by atoms with Crippen molar-refractivity contribution in [2.45, 2.75) is 62.9 Å². The van der Waals surface area contributed by atoms with Crippen molar-refractivity contribution < 1.29 is 22.3 Å². The van der Waals surface area contributed by atoms with Crippen LogP contribution in [-0.4, -0.2) is 37.8 Å². The van der Waals surface area contributed by atoms with Crippen LogP contribution in [0.3, 0.4) is 0 Å². The number of carbonyl (C=O) groups excluding carboxylic acids is 1. The molecule has 1 fully saturated rings. The van der Waals surface area contributed by atoms with E-state index in [1.165, 1.54) is 28.6 Å². The Balaban J connectivity index is 1.78. The van der Waals surface area contributed by atoms with Gasteiger partial charge in [0.05, 0.1) is 24.1 Å². The summed E-state index contributed by atoms with van der Waals surface area (Å²) in [4.78, 5) is 13.0. The fourth-order valence-corrected chi connectivity index (χ4v) is 5.69. The molecule has 1 saturated carbocycles. The van der Waals surface area contributed by atoms with Gasteiger partial charge in [0.2, 0.25) is 15.9 Å². The van der Waals surface area contributed by atoms with Crippen LogP contribution in [0.4, 0.5) is 4.39 Å². The van der Waals surface area contributed by atoms with Crippen LogP contribution in [0.2, 0.25) is 0 Å². The second-order valence-corrected chi connectivity index (χ2v) is 9.98. The van der Waals surface area contributed by atoms with Gasteiger partial charge in [-0.05, 0) is 68.7 Å². The molecule has 32 heavy (non-hydrogen) atoms. The van der Waals surface area contributed by atoms with E-state index in [1.807, 2.05) is 6.92 Å². The van der Waals surface area contributed by atoms with Gasteiger partial charge < -0.3 is 10.1 Å². The average molecular weight is 463 g/mol. The molecule has 0 spiro atoms. The van der Waals surface area contributed by atoms with Gasteiger partial charge in [0.25, 0.3) is 0 Å². The third-order valence-corrected chi connectivity index (χ3v) is 7.68. The maximum absolute atomic E-state index is 13.5. The van der Waals surface area contributed by atoms with Crippen LogP contribution in [0.1, 0.15) is 57.6 Å². The Kier molecular flexibility index (Phi) is 8.26. The standard InChI is InChI=1S/C24H31FN2O4S/c1-3-31-22-13-15-23(16-14-22)32(29,30)27(21-7-5-4-6-8-21)17-24(28)26-18(2)19-9-11-20(25)12-10-19/h9-16,18,21H,3-8,17H2,1-2H3,(H,26,28). The van der Waals surface area contributed by atoms with E-state index in [0.717, 1.165) is 37.7 Å². The summed E-state index contributed by atoms with van der Waals surface area (Å²) in [7, 11) is -3.87. The number of nitrogens with one attached hydrogen (secondary N) is 1. The van der Waals surface area contributed by atoms with Gasteiger partial charge in [-0.1, -0.05) is 31.4 Å². The first-order chi connectivity index (χ1) is 15.3. The summed E-state index contributed by atoms with van der Waals surface area (Å²) in [5, 5.41) is 2.85. The van der Waals surface area contributed by atoms with Crippen LogP contribution < -0.4 is 10.1 Å². The number of hydrogen-bond acceptors (Lipinski definition) is 4. The van der Waals surface area contributed by atoms with Crippen molar-refractivity contribution in [1.29, 1.82) is 0 Å². The first kappa shape index (κ1) is 24.2. The molecule has 1 aliphatic carbocycles. The molecule has 1 N–H and O–H groups in total. The smallest absolute Gasteiger partial charge is 0.243 e. The van der Waals surface area contributed by atoms with Crippen molar-refractivity contribution in [2.24, 2.45) is 0 Å². The summed E-state index contributed by atoms with van der Waals surface area (Å²) in [5.74, 6) is -0.138. The number of amides is 1. The van der Waals surface area contributed by atoms with Gasteiger partial charge in [-0.2, -0.15) is 4.31 Å². The molecule has 3 rings (SSSR count). The fourth-order valence-electron chi connectivity index (χ4n) is 4.05. The number of carbonyl (C=O) groups is 1. The molecule has 1 amide bonds. The average Bonchev–Trinajstić information content (AvgIpc) is 2.79. The molecule has 1 unspecified atom stereocenters. The SMILES string of the molecule is CCOc1ccc(S(=O)(=O)N(CC(=O)NC(C)c2ccc(F)cc2)C2CCCCC2)cc1. The Bertz CT molecular complexity index is 988. The van der Waals surface area contributed by atoms with Crippen LogP contribution >= 0.6 is 0 Å². The predicted octanol–water partition coefficient (Wildman–Crippen LogP) is 4.43. The highest BCUT2D eigenvalue weighted by molar-refractivity contribution is 7.89. The van der Waals surface area contributed by atoms with Crippen molar-refractivity contribution in [3.8, 4) is 5.75 Å². The minimum Gasteiger partial charge on any atom is -0.494 e. The Morgan fingerprint density at radius 3 is 2.31 bits per heavy atom. The third-order valence-electron chi connectivity index (χ3n) is 5.77. The van der Waals surface area contributed by atoms with E-state index >= 15 is 0 Å². The van der Waals surface area contributed by atoms with Gasteiger partial charge in [0.1, 0.15) is 11.6 Å². The summed E-state index contributed by atoms with van der Waals surface area (Å²) < 4.78 is 46.9. The summed E-state index contributed by atoms with van der Waals surface area (Å²) in [6.07, 6.45) is 4.41. The second kappa shape index (κ2) is 10.9. The topological polar surface area (TPSA) is 75.7 Å². The highest BCUT2D eigenvalue weighted by Gasteiger charge is 2.34. The third kappa shape index (κ3) is 6.07. The van der Waals surface area contributed by atoms with Crippen molar-refractivity contribution in [3.05, 3.63) is 59.9 Å². The maximum atomic E-state index is 13.5. The zero-order chi connectivity index (χ0) is 23.1. The molecule has 174 valence electrons. The molecule has 0 aliphatic heterocycles. The Hall–Kier alpha value is -2.45. The van der Waals surface area contributed by atoms with Crippen molar-refractivity contribution in [2.75, 3.05) is 13.2 Å². The largest absolute Gasteiger partial charge is 0.494 e. The van der Waals surface area contributed by atoms with Crippen LogP contribution in [0.15, 0.2) is 53.4 Å². The van der Waals surface area contributed by atoms with E-state index in [2.05, 4.69) is 5.32 Å². The predicted molar refractivity (Wildman–Crippen MR) is 121 cm³/mol. The summed E-state index contributed by atoms with van der Waals surface area (Å²) >= 11 is 0. The molecule has 2 aromatic rings. The molecule has 6 nitrogen and oxygen atoms in total.